The van der Waals surface area contributed by atoms with Gasteiger partial charge < -0.3 is 10.5 Å². The van der Waals surface area contributed by atoms with Gasteiger partial charge in [-0.05, 0) is 18.6 Å². The quantitative estimate of drug-likeness (QED) is 0.400. The number of nitrogen functional groups attached to an aromatic ring is 1. The highest BCUT2D eigenvalue weighted by Crippen LogP contribution is 2.14. The van der Waals surface area contributed by atoms with Crippen LogP contribution in [0.1, 0.15) is 6.42 Å². The maximum atomic E-state index is 11.6. The largest absolute Gasteiger partial charge is 0.492 e. The molecule has 0 aliphatic rings. The Labute approximate surface area is 124 Å². The normalized spacial score (nSPS) is 12.2. The van der Waals surface area contributed by atoms with E-state index in [9.17, 15) is 16.8 Å². The molecule has 0 atom stereocenters. The van der Waals surface area contributed by atoms with E-state index in [1.54, 1.807) is 24.3 Å². The van der Waals surface area contributed by atoms with E-state index in [-0.39, 0.29) is 31.1 Å². The summed E-state index contributed by atoms with van der Waals surface area (Å²) in [6, 6.07) is 6.65. The topological polar surface area (TPSA) is 142 Å². The average Bonchev–Trinajstić information content (AvgIpc) is 2.33. The Balaban J connectivity index is 2.30. The first-order valence-corrected chi connectivity index (χ1v) is 9.51. The third kappa shape index (κ3) is 8.50. The fourth-order valence-electron chi connectivity index (χ4n) is 1.45. The smallest absolute Gasteiger partial charge is 0.214 e. The van der Waals surface area contributed by atoms with E-state index in [4.69, 9.17) is 15.6 Å². The summed E-state index contributed by atoms with van der Waals surface area (Å²) in [5.74, 6) is -0.0219. The van der Waals surface area contributed by atoms with Crippen LogP contribution in [0.3, 0.4) is 0 Å². The van der Waals surface area contributed by atoms with E-state index in [1.165, 1.54) is 0 Å². The SMILES string of the molecule is Nc1cccc(OCCS(=O)(=O)NCCCS(N)(=O)=O)c1. The molecule has 0 spiro atoms. The van der Waals surface area contributed by atoms with Crippen LogP contribution in [-0.4, -0.2) is 41.5 Å². The van der Waals surface area contributed by atoms with Crippen molar-refractivity contribution in [3.63, 3.8) is 0 Å². The van der Waals surface area contributed by atoms with Crippen LogP contribution in [-0.2, 0) is 20.0 Å². The summed E-state index contributed by atoms with van der Waals surface area (Å²) in [4.78, 5) is 0. The molecule has 0 radical (unpaired) electrons. The number of rotatable bonds is 9. The fraction of sp³-hybridized carbons (Fsp3) is 0.455. The maximum Gasteiger partial charge on any atom is 0.214 e. The number of hydrogen-bond acceptors (Lipinski definition) is 6. The van der Waals surface area contributed by atoms with Gasteiger partial charge in [0.2, 0.25) is 20.0 Å². The number of anilines is 1. The van der Waals surface area contributed by atoms with E-state index in [2.05, 4.69) is 4.72 Å². The molecule has 0 fully saturated rings. The number of primary sulfonamides is 1. The molecule has 0 aromatic heterocycles. The van der Waals surface area contributed by atoms with E-state index in [0.717, 1.165) is 0 Å². The molecule has 8 nitrogen and oxygen atoms in total. The van der Waals surface area contributed by atoms with Crippen LogP contribution in [0.4, 0.5) is 5.69 Å². The first-order chi connectivity index (χ1) is 9.68. The van der Waals surface area contributed by atoms with Crippen molar-refractivity contribution >= 4 is 25.7 Å². The number of ether oxygens (including phenoxy) is 1. The number of nitrogens with one attached hydrogen (secondary N) is 1. The van der Waals surface area contributed by atoms with Gasteiger partial charge in [0.25, 0.3) is 0 Å². The number of sulfonamides is 2. The van der Waals surface area contributed by atoms with Gasteiger partial charge >= 0.3 is 0 Å². The summed E-state index contributed by atoms with van der Waals surface area (Å²) in [6.07, 6.45) is 0.119. The minimum atomic E-state index is -3.57. The highest BCUT2D eigenvalue weighted by molar-refractivity contribution is 7.89. The highest BCUT2D eigenvalue weighted by Gasteiger charge is 2.11. The molecular formula is C11H19N3O5S2. The van der Waals surface area contributed by atoms with Crippen molar-refractivity contribution in [3.8, 4) is 5.75 Å². The molecular weight excluding hydrogens is 318 g/mol. The predicted octanol–water partition coefficient (Wildman–Crippen LogP) is -0.754. The number of hydrogen-bond donors (Lipinski definition) is 3. The summed E-state index contributed by atoms with van der Waals surface area (Å²) in [5.41, 5.74) is 6.09. The monoisotopic (exact) mass is 337 g/mol. The molecule has 1 aromatic carbocycles. The van der Waals surface area contributed by atoms with E-state index >= 15 is 0 Å². The summed E-state index contributed by atoms with van der Waals surface area (Å²) in [6.45, 7) is -0.0228. The Morgan fingerprint density at radius 3 is 2.48 bits per heavy atom. The van der Waals surface area contributed by atoms with Crippen LogP contribution in [0.25, 0.3) is 0 Å². The van der Waals surface area contributed by atoms with Crippen molar-refractivity contribution in [1.29, 1.82) is 0 Å². The predicted molar refractivity (Wildman–Crippen MR) is 80.7 cm³/mol. The molecule has 10 heteroatoms. The minimum absolute atomic E-state index is 0.0110. The van der Waals surface area contributed by atoms with Crippen molar-refractivity contribution in [2.45, 2.75) is 6.42 Å². The number of nitrogens with two attached hydrogens (primary N) is 2. The Morgan fingerprint density at radius 1 is 1.14 bits per heavy atom. The lowest BCUT2D eigenvalue weighted by Gasteiger charge is -2.08. The van der Waals surface area contributed by atoms with Crippen LogP contribution in [0, 0.1) is 0 Å². The van der Waals surface area contributed by atoms with Gasteiger partial charge in [-0.2, -0.15) is 0 Å². The number of benzene rings is 1. The van der Waals surface area contributed by atoms with Crippen molar-refractivity contribution in [1.82, 2.24) is 4.72 Å². The van der Waals surface area contributed by atoms with Gasteiger partial charge in [-0.15, -0.1) is 0 Å². The molecule has 0 aliphatic carbocycles. The van der Waals surface area contributed by atoms with Crippen LogP contribution < -0.4 is 20.3 Å². The van der Waals surface area contributed by atoms with Gasteiger partial charge in [0, 0.05) is 18.3 Å². The zero-order valence-corrected chi connectivity index (χ0v) is 13.0. The van der Waals surface area contributed by atoms with Crippen molar-refractivity contribution in [2.75, 3.05) is 30.4 Å². The molecule has 5 N–H and O–H groups in total. The molecule has 1 aromatic rings. The lowest BCUT2D eigenvalue weighted by molar-refractivity contribution is 0.340. The maximum absolute atomic E-state index is 11.6. The van der Waals surface area contributed by atoms with Gasteiger partial charge in [0.05, 0.1) is 11.5 Å². The van der Waals surface area contributed by atoms with Gasteiger partial charge in [0.1, 0.15) is 12.4 Å². The van der Waals surface area contributed by atoms with Crippen LogP contribution in [0.2, 0.25) is 0 Å². The second-order valence-electron chi connectivity index (χ2n) is 4.35. The summed E-state index contributed by atoms with van der Waals surface area (Å²) in [7, 11) is -7.09. The highest BCUT2D eigenvalue weighted by atomic mass is 32.2. The molecule has 0 aliphatic heterocycles. The summed E-state index contributed by atoms with van der Waals surface area (Å²) in [5, 5.41) is 4.81. The first-order valence-electron chi connectivity index (χ1n) is 6.14. The van der Waals surface area contributed by atoms with E-state index in [1.807, 2.05) is 0 Å². The Hall–Kier alpha value is -1.36. The van der Waals surface area contributed by atoms with Gasteiger partial charge in [-0.25, -0.2) is 26.7 Å². The zero-order valence-electron chi connectivity index (χ0n) is 11.4. The molecule has 0 saturated carbocycles. The summed E-state index contributed by atoms with van der Waals surface area (Å²) < 4.78 is 52.1. The fourth-order valence-corrected chi connectivity index (χ4v) is 2.90. The standard InChI is InChI=1S/C11H19N3O5S2/c12-10-3-1-4-11(9-10)19-6-8-21(17,18)14-5-2-7-20(13,15)16/h1,3-4,9,14H,2,5-8,12H2,(H2,13,15,16). The lowest BCUT2D eigenvalue weighted by atomic mass is 10.3. The second-order valence-corrected chi connectivity index (χ2v) is 8.02. The zero-order chi connectivity index (χ0) is 15.9. The Morgan fingerprint density at radius 2 is 1.86 bits per heavy atom. The molecule has 0 bridgehead atoms. The lowest BCUT2D eigenvalue weighted by Crippen LogP contribution is -2.31. The Kier molecular flexibility index (Phi) is 6.40. The third-order valence-electron chi connectivity index (χ3n) is 2.41. The van der Waals surface area contributed by atoms with Crippen molar-refractivity contribution in [2.24, 2.45) is 5.14 Å². The van der Waals surface area contributed by atoms with Gasteiger partial charge in [0.15, 0.2) is 0 Å². The van der Waals surface area contributed by atoms with Crippen molar-refractivity contribution < 1.29 is 21.6 Å². The van der Waals surface area contributed by atoms with Crippen LogP contribution in [0.5, 0.6) is 5.75 Å². The molecule has 0 heterocycles. The molecule has 21 heavy (non-hydrogen) atoms. The third-order valence-corrected chi connectivity index (χ3v) is 4.61. The first kappa shape index (κ1) is 17.7. The van der Waals surface area contributed by atoms with Crippen molar-refractivity contribution in [3.05, 3.63) is 24.3 Å². The van der Waals surface area contributed by atoms with E-state index < -0.39 is 20.0 Å². The van der Waals surface area contributed by atoms with Gasteiger partial charge in [-0.3, -0.25) is 0 Å². The molecule has 120 valence electrons. The van der Waals surface area contributed by atoms with Gasteiger partial charge in [-0.1, -0.05) is 6.07 Å². The second kappa shape index (κ2) is 7.59. The summed E-state index contributed by atoms with van der Waals surface area (Å²) >= 11 is 0. The molecule has 0 saturated heterocycles. The molecule has 1 rings (SSSR count). The average molecular weight is 337 g/mol. The Bertz CT molecular complexity index is 658. The molecule has 0 unspecified atom stereocenters. The van der Waals surface area contributed by atoms with Crippen LogP contribution >= 0.6 is 0 Å². The molecule has 0 amide bonds. The van der Waals surface area contributed by atoms with E-state index in [0.29, 0.717) is 11.4 Å². The van der Waals surface area contributed by atoms with Crippen LogP contribution in [0.15, 0.2) is 24.3 Å². The minimum Gasteiger partial charge on any atom is -0.492 e.